The molecule has 0 atom stereocenters. The third-order valence-electron chi connectivity index (χ3n) is 3.61. The molecule has 0 aliphatic carbocycles. The molecule has 106 valence electrons. The fourth-order valence-corrected chi connectivity index (χ4v) is 2.35. The van der Waals surface area contributed by atoms with Crippen LogP contribution in [-0.2, 0) is 4.84 Å². The summed E-state index contributed by atoms with van der Waals surface area (Å²) in [6, 6.07) is 0. The fraction of sp³-hybridized carbons (Fsp3) is 1.00. The molecule has 0 aromatic carbocycles. The third-order valence-corrected chi connectivity index (χ3v) is 3.61. The van der Waals surface area contributed by atoms with Crippen LogP contribution in [0.3, 0.4) is 0 Å². The van der Waals surface area contributed by atoms with Gasteiger partial charge in [0.1, 0.15) is 5.60 Å². The van der Waals surface area contributed by atoms with Crippen LogP contribution in [0.1, 0.15) is 53.4 Å². The molecule has 1 rings (SSSR count). The van der Waals surface area contributed by atoms with Gasteiger partial charge in [-0.1, -0.05) is 20.8 Å². The molecule has 0 unspecified atom stereocenters. The maximum Gasteiger partial charge on any atom is 0.295 e. The summed E-state index contributed by atoms with van der Waals surface area (Å²) in [6.45, 7) is 11.5. The highest BCUT2D eigenvalue weighted by molar-refractivity contribution is 4.82. The summed E-state index contributed by atoms with van der Waals surface area (Å²) in [5, 5.41) is 9.75. The Balaban J connectivity index is 2.25. The first-order chi connectivity index (χ1) is 8.20. The summed E-state index contributed by atoms with van der Waals surface area (Å²) < 4.78 is 0. The lowest BCUT2D eigenvalue weighted by molar-refractivity contribution is -0.781. The lowest BCUT2D eigenvalue weighted by atomic mass is 9.90. The van der Waals surface area contributed by atoms with E-state index in [2.05, 4.69) is 25.7 Å². The van der Waals surface area contributed by atoms with Crippen LogP contribution in [-0.4, -0.2) is 35.2 Å². The molecule has 0 bridgehead atoms. The molecule has 1 saturated heterocycles. The molecule has 0 aromatic rings. The molecule has 0 radical (unpaired) electrons. The van der Waals surface area contributed by atoms with Crippen molar-refractivity contribution in [2.75, 3.05) is 19.6 Å². The first-order valence-electron chi connectivity index (χ1n) is 6.76. The van der Waals surface area contributed by atoms with Crippen LogP contribution < -0.4 is 0 Å². The molecular weight excluding hydrogens is 232 g/mol. The average molecular weight is 258 g/mol. The Hall–Kier alpha value is -0.840. The van der Waals surface area contributed by atoms with Crippen LogP contribution in [0, 0.1) is 15.5 Å². The number of hydrogen-bond acceptors (Lipinski definition) is 4. The van der Waals surface area contributed by atoms with Crippen molar-refractivity contribution in [1.82, 2.24) is 4.90 Å². The molecule has 0 amide bonds. The molecular formula is C13H26N2O3. The van der Waals surface area contributed by atoms with E-state index in [0.717, 1.165) is 32.5 Å². The van der Waals surface area contributed by atoms with Crippen molar-refractivity contribution in [3.8, 4) is 0 Å². The quantitative estimate of drug-likeness (QED) is 0.562. The van der Waals surface area contributed by atoms with E-state index in [0.29, 0.717) is 5.41 Å². The van der Waals surface area contributed by atoms with Crippen molar-refractivity contribution in [3.05, 3.63) is 10.1 Å². The Morgan fingerprint density at radius 3 is 2.33 bits per heavy atom. The van der Waals surface area contributed by atoms with Crippen LogP contribution in [0.5, 0.6) is 0 Å². The van der Waals surface area contributed by atoms with Crippen LogP contribution in [0.4, 0.5) is 0 Å². The van der Waals surface area contributed by atoms with Crippen molar-refractivity contribution in [1.29, 1.82) is 0 Å². The molecule has 0 aromatic heterocycles. The highest BCUT2D eigenvalue weighted by Crippen LogP contribution is 2.27. The lowest BCUT2D eigenvalue weighted by Crippen LogP contribution is -2.45. The molecule has 1 aliphatic heterocycles. The van der Waals surface area contributed by atoms with Crippen molar-refractivity contribution in [3.63, 3.8) is 0 Å². The van der Waals surface area contributed by atoms with Crippen molar-refractivity contribution in [2.45, 2.75) is 59.0 Å². The van der Waals surface area contributed by atoms with Crippen molar-refractivity contribution >= 4 is 0 Å². The van der Waals surface area contributed by atoms with Gasteiger partial charge in [0.25, 0.3) is 5.09 Å². The first kappa shape index (κ1) is 15.2. The minimum Gasteiger partial charge on any atom is -0.307 e. The largest absolute Gasteiger partial charge is 0.307 e. The maximum atomic E-state index is 10.4. The van der Waals surface area contributed by atoms with Crippen LogP contribution >= 0.6 is 0 Å². The van der Waals surface area contributed by atoms with Gasteiger partial charge in [-0.05, 0) is 44.6 Å². The van der Waals surface area contributed by atoms with Crippen LogP contribution in [0.2, 0.25) is 0 Å². The minimum atomic E-state index is -0.657. The SMILES string of the molecule is CC(C)(C)CCCN1CCC(C)(O[N+](=O)[O-])CC1. The van der Waals surface area contributed by atoms with Gasteiger partial charge in [0.15, 0.2) is 0 Å². The summed E-state index contributed by atoms with van der Waals surface area (Å²) in [7, 11) is 0. The second-order valence-corrected chi connectivity index (χ2v) is 6.77. The van der Waals surface area contributed by atoms with E-state index >= 15 is 0 Å². The Morgan fingerprint density at radius 1 is 1.33 bits per heavy atom. The predicted octanol–water partition coefficient (Wildman–Crippen LogP) is 2.88. The molecule has 1 aliphatic rings. The molecule has 1 fully saturated rings. The van der Waals surface area contributed by atoms with Gasteiger partial charge in [-0.25, -0.2) is 0 Å². The van der Waals surface area contributed by atoms with E-state index in [1.165, 1.54) is 12.8 Å². The number of hydrogen-bond donors (Lipinski definition) is 0. The zero-order chi connectivity index (χ0) is 13.8. The molecule has 5 heteroatoms. The number of likely N-dealkylation sites (tertiary alicyclic amines) is 1. The highest BCUT2D eigenvalue weighted by atomic mass is 17.0. The standard InChI is InChI=1S/C13H26N2O3/c1-12(2,3)6-5-9-14-10-7-13(4,8-11-14)18-15(16)17/h5-11H2,1-4H3. The van der Waals surface area contributed by atoms with Gasteiger partial charge in [-0.15, -0.1) is 10.1 Å². The predicted molar refractivity (Wildman–Crippen MR) is 70.8 cm³/mol. The fourth-order valence-electron chi connectivity index (χ4n) is 2.35. The molecule has 0 spiro atoms. The summed E-state index contributed by atoms with van der Waals surface area (Å²) in [4.78, 5) is 17.6. The van der Waals surface area contributed by atoms with Gasteiger partial charge >= 0.3 is 0 Å². The average Bonchev–Trinajstić information content (AvgIpc) is 2.18. The first-order valence-corrected chi connectivity index (χ1v) is 6.76. The van der Waals surface area contributed by atoms with Crippen LogP contribution in [0.25, 0.3) is 0 Å². The van der Waals surface area contributed by atoms with Crippen LogP contribution in [0.15, 0.2) is 0 Å². The zero-order valence-electron chi connectivity index (χ0n) is 12.1. The number of nitrogens with zero attached hydrogens (tertiary/aromatic N) is 2. The van der Waals surface area contributed by atoms with Gasteiger partial charge in [0, 0.05) is 13.1 Å². The summed E-state index contributed by atoms with van der Waals surface area (Å²) in [5.74, 6) is 0. The van der Waals surface area contributed by atoms with E-state index in [-0.39, 0.29) is 0 Å². The zero-order valence-corrected chi connectivity index (χ0v) is 12.1. The van der Waals surface area contributed by atoms with E-state index in [1.807, 2.05) is 6.92 Å². The van der Waals surface area contributed by atoms with E-state index in [4.69, 9.17) is 4.84 Å². The van der Waals surface area contributed by atoms with Crippen molar-refractivity contribution < 1.29 is 9.92 Å². The van der Waals surface area contributed by atoms with E-state index in [1.54, 1.807) is 0 Å². The smallest absolute Gasteiger partial charge is 0.295 e. The second-order valence-electron chi connectivity index (χ2n) is 6.77. The summed E-state index contributed by atoms with van der Waals surface area (Å²) in [5.41, 5.74) is -0.191. The van der Waals surface area contributed by atoms with Gasteiger partial charge in [-0.2, -0.15) is 0 Å². The van der Waals surface area contributed by atoms with Gasteiger partial charge in [0.2, 0.25) is 0 Å². The molecule has 0 N–H and O–H groups in total. The lowest BCUT2D eigenvalue weighted by Gasteiger charge is -2.37. The summed E-state index contributed by atoms with van der Waals surface area (Å²) in [6.07, 6.45) is 3.88. The van der Waals surface area contributed by atoms with E-state index in [9.17, 15) is 10.1 Å². The normalized spacial score (nSPS) is 20.7. The Kier molecular flexibility index (Phi) is 4.96. The van der Waals surface area contributed by atoms with Gasteiger partial charge in [0.05, 0.1) is 0 Å². The highest BCUT2D eigenvalue weighted by Gasteiger charge is 2.33. The summed E-state index contributed by atoms with van der Waals surface area (Å²) >= 11 is 0. The third kappa shape index (κ3) is 5.67. The minimum absolute atomic E-state index is 0.388. The van der Waals surface area contributed by atoms with E-state index < -0.39 is 10.7 Å². The van der Waals surface area contributed by atoms with Gasteiger partial charge < -0.3 is 9.74 Å². The molecule has 1 heterocycles. The molecule has 18 heavy (non-hydrogen) atoms. The molecule has 0 saturated carbocycles. The number of rotatable bonds is 5. The van der Waals surface area contributed by atoms with Crippen molar-refractivity contribution in [2.24, 2.45) is 5.41 Å². The Morgan fingerprint density at radius 2 is 1.89 bits per heavy atom. The van der Waals surface area contributed by atoms with Gasteiger partial charge in [-0.3, -0.25) is 0 Å². The monoisotopic (exact) mass is 258 g/mol. The Bertz CT molecular complexity index is 278. The topological polar surface area (TPSA) is 55.6 Å². The second kappa shape index (κ2) is 5.87. The maximum absolute atomic E-state index is 10.4. The Labute approximate surface area is 110 Å². The number of piperidine rings is 1. The molecule has 5 nitrogen and oxygen atoms in total.